The summed E-state index contributed by atoms with van der Waals surface area (Å²) in [6.45, 7) is 2.97. The quantitative estimate of drug-likeness (QED) is 0.303. The third-order valence-electron chi connectivity index (χ3n) is 12.3. The molecule has 6 atom stereocenters. The largest absolute Gasteiger partial charge is 0.392 e. The summed E-state index contributed by atoms with van der Waals surface area (Å²) in [5.41, 5.74) is 5.97. The maximum absolute atomic E-state index is 13.7. The molecule has 6 aliphatic rings. The van der Waals surface area contributed by atoms with Gasteiger partial charge >= 0.3 is 0 Å². The van der Waals surface area contributed by atoms with Crippen LogP contribution in [0.5, 0.6) is 0 Å². The lowest BCUT2D eigenvalue weighted by atomic mass is 9.53. The Balaban J connectivity index is 0.000000127. The highest BCUT2D eigenvalue weighted by Crippen LogP contribution is 2.60. The van der Waals surface area contributed by atoms with Gasteiger partial charge in [-0.2, -0.15) is 0 Å². The molecule has 0 radical (unpaired) electrons. The molecule has 2 aromatic heterocycles. The summed E-state index contributed by atoms with van der Waals surface area (Å²) < 4.78 is 42.4. The molecule has 2 aromatic carbocycles. The highest BCUT2D eigenvalue weighted by molar-refractivity contribution is 5.70. The first kappa shape index (κ1) is 28.8. The van der Waals surface area contributed by atoms with E-state index in [1.807, 2.05) is 12.1 Å². The molecule has 0 unspecified atom stereocenters. The van der Waals surface area contributed by atoms with Crippen LogP contribution in [0.25, 0.3) is 22.5 Å². The number of halogens is 2. The molecule has 10 heteroatoms. The number of hydrogen-bond acceptors (Lipinski definition) is 6. The summed E-state index contributed by atoms with van der Waals surface area (Å²) in [5, 5.41) is 21.8. The fourth-order valence-corrected chi connectivity index (χ4v) is 9.77. The fourth-order valence-electron chi connectivity index (χ4n) is 9.77. The fraction of sp³-hybridized carbons (Fsp3) is 0.500. The molecule has 0 bridgehead atoms. The van der Waals surface area contributed by atoms with E-state index < -0.39 is 0 Å². The minimum Gasteiger partial charge on any atom is -0.392 e. The molecule has 2 aliphatic carbocycles. The van der Waals surface area contributed by atoms with Crippen molar-refractivity contribution in [3.05, 3.63) is 84.2 Å². The molecule has 10 rings (SSSR count). The third kappa shape index (κ3) is 4.09. The second-order valence-electron chi connectivity index (χ2n) is 14.3. The minimum atomic E-state index is -0.331. The average molecular weight is 629 g/mol. The smallest absolute Gasteiger partial charge is 0.123 e. The number of hydrogen-bond donors (Lipinski definition) is 2. The van der Waals surface area contributed by atoms with Crippen LogP contribution in [0.1, 0.15) is 61.7 Å². The maximum Gasteiger partial charge on any atom is 0.123 e. The molecule has 2 saturated carbocycles. The number of aliphatic hydroxyl groups is 2. The second-order valence-corrected chi connectivity index (χ2v) is 14.3. The lowest BCUT2D eigenvalue weighted by Crippen LogP contribution is -2.57. The molecule has 4 aliphatic heterocycles. The van der Waals surface area contributed by atoms with E-state index in [0.29, 0.717) is 0 Å². The Kier molecular flexibility index (Phi) is 6.59. The number of rotatable bonds is 2. The Hall–Kier alpha value is -3.44. The van der Waals surface area contributed by atoms with Crippen LogP contribution in [-0.4, -0.2) is 68.0 Å². The van der Waals surface area contributed by atoms with Gasteiger partial charge in [0.1, 0.15) is 11.6 Å². The molecule has 2 saturated heterocycles. The summed E-state index contributed by atoms with van der Waals surface area (Å²) in [7, 11) is 0. The van der Waals surface area contributed by atoms with E-state index >= 15 is 0 Å². The summed E-state index contributed by atoms with van der Waals surface area (Å²) in [6.07, 6.45) is 12.3. The van der Waals surface area contributed by atoms with Crippen molar-refractivity contribution in [2.75, 3.05) is 26.4 Å². The van der Waals surface area contributed by atoms with Gasteiger partial charge in [0.2, 0.25) is 0 Å². The van der Waals surface area contributed by atoms with Crippen molar-refractivity contribution in [1.29, 1.82) is 0 Å². The van der Waals surface area contributed by atoms with Crippen molar-refractivity contribution >= 4 is 0 Å². The average Bonchev–Trinajstić information content (AvgIpc) is 3.86. The Labute approximate surface area is 266 Å². The third-order valence-corrected chi connectivity index (χ3v) is 12.3. The number of fused-ring (bicyclic) bond motifs is 6. The van der Waals surface area contributed by atoms with Gasteiger partial charge in [0.05, 0.1) is 60.7 Å². The van der Waals surface area contributed by atoms with Crippen LogP contribution >= 0.6 is 0 Å². The van der Waals surface area contributed by atoms with E-state index in [2.05, 4.69) is 19.1 Å². The van der Waals surface area contributed by atoms with Gasteiger partial charge in [0, 0.05) is 60.2 Å². The zero-order valence-electron chi connectivity index (χ0n) is 25.6. The molecular weight excluding hydrogens is 590 g/mol. The predicted molar refractivity (Wildman–Crippen MR) is 165 cm³/mol. The molecule has 0 amide bonds. The molecule has 4 fully saturated rings. The number of imidazole rings is 2. The predicted octanol–water partition coefficient (Wildman–Crippen LogP) is 5.54. The van der Waals surface area contributed by atoms with Crippen molar-refractivity contribution in [1.82, 2.24) is 19.1 Å². The maximum atomic E-state index is 13.7. The first-order chi connectivity index (χ1) is 22.4. The molecule has 4 aromatic rings. The number of aromatic nitrogens is 4. The second kappa shape index (κ2) is 10.5. The first-order valence-corrected chi connectivity index (χ1v) is 16.5. The van der Waals surface area contributed by atoms with Gasteiger partial charge in [-0.05, 0) is 73.9 Å². The summed E-state index contributed by atoms with van der Waals surface area (Å²) in [4.78, 5) is 8.46. The van der Waals surface area contributed by atoms with Gasteiger partial charge in [-0.3, -0.25) is 0 Å². The molecule has 2 N–H and O–H groups in total. The van der Waals surface area contributed by atoms with Crippen LogP contribution in [0.2, 0.25) is 0 Å². The van der Waals surface area contributed by atoms with E-state index in [1.54, 1.807) is 37.2 Å². The molecule has 6 heterocycles. The Morgan fingerprint density at radius 3 is 1.46 bits per heavy atom. The van der Waals surface area contributed by atoms with Gasteiger partial charge in [-0.15, -0.1) is 0 Å². The van der Waals surface area contributed by atoms with E-state index in [9.17, 15) is 19.0 Å². The highest BCUT2D eigenvalue weighted by atomic mass is 19.1. The van der Waals surface area contributed by atoms with Crippen LogP contribution in [-0.2, 0) is 9.47 Å². The monoisotopic (exact) mass is 628 g/mol. The highest BCUT2D eigenvalue weighted by Gasteiger charge is 2.58. The number of nitrogens with zero attached hydrogens (tertiary/aromatic N) is 4. The zero-order valence-corrected chi connectivity index (χ0v) is 25.6. The normalized spacial score (nSPS) is 30.8. The van der Waals surface area contributed by atoms with Crippen LogP contribution in [0.15, 0.2) is 61.4 Å². The van der Waals surface area contributed by atoms with E-state index in [1.165, 1.54) is 12.1 Å². The number of aliphatic hydroxyl groups excluding tert-OH is 2. The van der Waals surface area contributed by atoms with Crippen molar-refractivity contribution in [2.24, 2.45) is 22.7 Å². The zero-order chi connectivity index (χ0) is 31.2. The molecule has 8 nitrogen and oxygen atoms in total. The van der Waals surface area contributed by atoms with Crippen LogP contribution in [0.3, 0.4) is 0 Å². The van der Waals surface area contributed by atoms with Gasteiger partial charge in [0.15, 0.2) is 0 Å². The summed E-state index contributed by atoms with van der Waals surface area (Å²) in [6, 6.07) is 10.0. The van der Waals surface area contributed by atoms with Crippen LogP contribution < -0.4 is 0 Å². The van der Waals surface area contributed by atoms with Crippen molar-refractivity contribution < 1.29 is 28.5 Å². The van der Waals surface area contributed by atoms with Crippen molar-refractivity contribution in [3.63, 3.8) is 0 Å². The lowest BCUT2D eigenvalue weighted by molar-refractivity contribution is -0.173. The summed E-state index contributed by atoms with van der Waals surface area (Å²) >= 11 is 0. The standard InChI is InChI=1S/2C18H19FN2O2/c2*19-11-1-2-12-13(7-11)15-9-20-10-21(15)16(12)14-8-18(17(14)22)3-5-23-6-4-18/h2*1-2,7,9-10,14,16-17,22H,3-6,8H2/t14-,16+,17-;14-,16-,17+/m01/s1. The van der Waals surface area contributed by atoms with Gasteiger partial charge < -0.3 is 28.8 Å². The SMILES string of the molecule is O[C@H]1[C@@H]([C@H]2c3ccc(F)cc3-c3cncn32)CC12CCOCC2.O[C@H]1[C@H]([C@H]2c3ccc(F)cc3-c3cncn32)CC12CCOCC2. The van der Waals surface area contributed by atoms with Crippen LogP contribution in [0.4, 0.5) is 8.78 Å². The number of ether oxygens (including phenoxy) is 2. The Morgan fingerprint density at radius 2 is 1.07 bits per heavy atom. The van der Waals surface area contributed by atoms with E-state index in [4.69, 9.17) is 9.47 Å². The van der Waals surface area contributed by atoms with E-state index in [0.717, 1.165) is 98.6 Å². The van der Waals surface area contributed by atoms with E-state index in [-0.39, 0.29) is 58.6 Å². The topological polar surface area (TPSA) is 94.6 Å². The number of benzene rings is 2. The molecule has 2 spiro atoms. The minimum absolute atomic E-state index is 0.0203. The Bertz CT molecular complexity index is 1660. The molecule has 46 heavy (non-hydrogen) atoms. The van der Waals surface area contributed by atoms with Crippen molar-refractivity contribution in [2.45, 2.75) is 62.8 Å². The van der Waals surface area contributed by atoms with Crippen LogP contribution in [0, 0.1) is 34.3 Å². The first-order valence-electron chi connectivity index (χ1n) is 16.5. The van der Waals surface area contributed by atoms with Gasteiger partial charge in [-0.1, -0.05) is 12.1 Å². The Morgan fingerprint density at radius 1 is 0.652 bits per heavy atom. The summed E-state index contributed by atoms with van der Waals surface area (Å²) in [5.74, 6) is -0.139. The molecule has 240 valence electrons. The van der Waals surface area contributed by atoms with Gasteiger partial charge in [-0.25, -0.2) is 18.7 Å². The van der Waals surface area contributed by atoms with Gasteiger partial charge in [0.25, 0.3) is 0 Å². The molecular formula is C36H38F2N4O4. The van der Waals surface area contributed by atoms with Crippen molar-refractivity contribution in [3.8, 4) is 22.5 Å². The lowest BCUT2D eigenvalue weighted by Gasteiger charge is -2.56.